The van der Waals surface area contributed by atoms with E-state index < -0.39 is 0 Å². The van der Waals surface area contributed by atoms with Crippen molar-refractivity contribution in [3.8, 4) is 5.75 Å². The summed E-state index contributed by atoms with van der Waals surface area (Å²) in [6, 6.07) is 9.01. The summed E-state index contributed by atoms with van der Waals surface area (Å²) in [4.78, 5) is 33.5. The highest BCUT2D eigenvalue weighted by molar-refractivity contribution is 9.10. The molecule has 0 atom stereocenters. The number of halogens is 1. The SMILES string of the molecule is COCCCNC(=O)c1ccc(N2CCN(C(=O)c3cc(OC)ccc3Br)CC2)nc1. The molecule has 1 N–H and O–H groups in total. The van der Waals surface area contributed by atoms with Gasteiger partial charge in [0, 0.05) is 57.1 Å². The molecular formula is C22H27BrN4O4. The van der Waals surface area contributed by atoms with Crippen molar-refractivity contribution < 1.29 is 19.1 Å². The van der Waals surface area contributed by atoms with Gasteiger partial charge in [-0.1, -0.05) is 0 Å². The quantitative estimate of drug-likeness (QED) is 0.572. The Hall–Kier alpha value is -2.65. The normalized spacial score (nSPS) is 13.8. The number of aromatic nitrogens is 1. The van der Waals surface area contributed by atoms with Crippen LogP contribution in [0.25, 0.3) is 0 Å². The van der Waals surface area contributed by atoms with Crippen molar-refractivity contribution in [1.82, 2.24) is 15.2 Å². The zero-order chi connectivity index (χ0) is 22.2. The highest BCUT2D eigenvalue weighted by Gasteiger charge is 2.24. The van der Waals surface area contributed by atoms with Crippen LogP contribution in [0.15, 0.2) is 41.0 Å². The van der Waals surface area contributed by atoms with E-state index in [2.05, 4.69) is 31.1 Å². The number of carbonyl (C=O) groups excluding carboxylic acids is 2. The number of amides is 2. The van der Waals surface area contributed by atoms with E-state index in [1.54, 1.807) is 32.5 Å². The highest BCUT2D eigenvalue weighted by atomic mass is 79.9. The zero-order valence-electron chi connectivity index (χ0n) is 17.8. The topological polar surface area (TPSA) is 84.0 Å². The van der Waals surface area contributed by atoms with Gasteiger partial charge in [0.25, 0.3) is 11.8 Å². The maximum Gasteiger partial charge on any atom is 0.255 e. The second kappa shape index (κ2) is 11.1. The molecule has 31 heavy (non-hydrogen) atoms. The van der Waals surface area contributed by atoms with Crippen LogP contribution < -0.4 is 15.0 Å². The molecule has 0 radical (unpaired) electrons. The first kappa shape index (κ1) is 23.0. The Labute approximate surface area is 190 Å². The van der Waals surface area contributed by atoms with Gasteiger partial charge >= 0.3 is 0 Å². The Morgan fingerprint density at radius 2 is 1.90 bits per heavy atom. The molecule has 2 heterocycles. The van der Waals surface area contributed by atoms with Crippen LogP contribution in [0.3, 0.4) is 0 Å². The highest BCUT2D eigenvalue weighted by Crippen LogP contribution is 2.24. The Morgan fingerprint density at radius 3 is 2.55 bits per heavy atom. The molecule has 8 nitrogen and oxygen atoms in total. The Kier molecular flexibility index (Phi) is 8.25. The molecule has 0 saturated carbocycles. The number of nitrogens with one attached hydrogen (secondary N) is 1. The molecule has 1 aliphatic heterocycles. The maximum absolute atomic E-state index is 12.9. The van der Waals surface area contributed by atoms with E-state index in [9.17, 15) is 9.59 Å². The average Bonchev–Trinajstić information content (AvgIpc) is 2.82. The Balaban J connectivity index is 1.55. The van der Waals surface area contributed by atoms with Crippen molar-refractivity contribution in [1.29, 1.82) is 0 Å². The molecule has 1 fully saturated rings. The minimum atomic E-state index is -0.144. The van der Waals surface area contributed by atoms with Gasteiger partial charge < -0.3 is 24.6 Å². The Morgan fingerprint density at radius 1 is 1.13 bits per heavy atom. The molecule has 1 aromatic heterocycles. The van der Waals surface area contributed by atoms with Crippen LogP contribution in [0.4, 0.5) is 5.82 Å². The molecule has 0 bridgehead atoms. The Bertz CT molecular complexity index is 899. The van der Waals surface area contributed by atoms with E-state index in [1.807, 2.05) is 23.1 Å². The van der Waals surface area contributed by atoms with Crippen LogP contribution in [0.2, 0.25) is 0 Å². The second-order valence-corrected chi connectivity index (χ2v) is 7.99. The predicted octanol–water partition coefficient (Wildman–Crippen LogP) is 2.58. The summed E-state index contributed by atoms with van der Waals surface area (Å²) < 4.78 is 11.0. The van der Waals surface area contributed by atoms with Gasteiger partial charge in [0.15, 0.2) is 0 Å². The average molecular weight is 491 g/mol. The molecular weight excluding hydrogens is 464 g/mol. The summed E-state index contributed by atoms with van der Waals surface area (Å²) in [6.07, 6.45) is 2.36. The summed E-state index contributed by atoms with van der Waals surface area (Å²) in [5, 5.41) is 2.85. The largest absolute Gasteiger partial charge is 0.497 e. The smallest absolute Gasteiger partial charge is 0.255 e. The van der Waals surface area contributed by atoms with Gasteiger partial charge in [-0.3, -0.25) is 9.59 Å². The zero-order valence-corrected chi connectivity index (χ0v) is 19.4. The van der Waals surface area contributed by atoms with Crippen LogP contribution in [0.1, 0.15) is 27.1 Å². The maximum atomic E-state index is 12.9. The summed E-state index contributed by atoms with van der Waals surface area (Å²) >= 11 is 3.45. The monoisotopic (exact) mass is 490 g/mol. The summed E-state index contributed by atoms with van der Waals surface area (Å²) in [6.45, 7) is 3.69. The molecule has 0 aliphatic carbocycles. The van der Waals surface area contributed by atoms with Gasteiger partial charge in [0.05, 0.1) is 18.2 Å². The number of pyridine rings is 1. The van der Waals surface area contributed by atoms with Crippen LogP contribution in [-0.4, -0.2) is 75.2 Å². The lowest BCUT2D eigenvalue weighted by molar-refractivity contribution is 0.0745. The third-order valence-electron chi connectivity index (χ3n) is 5.12. The fourth-order valence-electron chi connectivity index (χ4n) is 3.33. The number of hydrogen-bond acceptors (Lipinski definition) is 6. The van der Waals surface area contributed by atoms with Crippen LogP contribution in [0, 0.1) is 0 Å². The van der Waals surface area contributed by atoms with E-state index in [4.69, 9.17) is 9.47 Å². The number of benzene rings is 1. The number of ether oxygens (including phenoxy) is 2. The molecule has 166 valence electrons. The van der Waals surface area contributed by atoms with E-state index >= 15 is 0 Å². The fraction of sp³-hybridized carbons (Fsp3) is 0.409. The number of hydrogen-bond donors (Lipinski definition) is 1. The first-order valence-corrected chi connectivity index (χ1v) is 10.9. The first-order valence-electron chi connectivity index (χ1n) is 10.1. The molecule has 9 heteroatoms. The summed E-state index contributed by atoms with van der Waals surface area (Å²) in [5.41, 5.74) is 1.12. The van der Waals surface area contributed by atoms with Crippen LogP contribution in [0.5, 0.6) is 5.75 Å². The standard InChI is InChI=1S/C22H27BrN4O4/c1-30-13-3-8-24-21(28)16-4-7-20(25-15-16)26-9-11-27(12-10-26)22(29)18-14-17(31-2)5-6-19(18)23/h4-7,14-15H,3,8-13H2,1-2H3,(H,24,28). The van der Waals surface area contributed by atoms with Crippen molar-refractivity contribution in [2.24, 2.45) is 0 Å². The number of anilines is 1. The minimum absolute atomic E-state index is 0.0288. The molecule has 1 aliphatic rings. The van der Waals surface area contributed by atoms with Gasteiger partial charge in [-0.25, -0.2) is 4.98 Å². The number of methoxy groups -OCH3 is 2. The minimum Gasteiger partial charge on any atom is -0.497 e. The van der Waals surface area contributed by atoms with E-state index in [1.165, 1.54) is 0 Å². The second-order valence-electron chi connectivity index (χ2n) is 7.13. The number of rotatable bonds is 8. The van der Waals surface area contributed by atoms with E-state index in [-0.39, 0.29) is 11.8 Å². The molecule has 1 aromatic carbocycles. The fourth-order valence-corrected chi connectivity index (χ4v) is 3.75. The van der Waals surface area contributed by atoms with Crippen molar-refractivity contribution in [3.63, 3.8) is 0 Å². The van der Waals surface area contributed by atoms with E-state index in [0.29, 0.717) is 56.2 Å². The van der Waals surface area contributed by atoms with Gasteiger partial charge in [0.1, 0.15) is 11.6 Å². The predicted molar refractivity (Wildman–Crippen MR) is 122 cm³/mol. The number of carbonyl (C=O) groups is 2. The molecule has 3 rings (SSSR count). The van der Waals surface area contributed by atoms with Gasteiger partial charge in [-0.05, 0) is 52.7 Å². The lowest BCUT2D eigenvalue weighted by Gasteiger charge is -2.35. The molecule has 0 unspecified atom stereocenters. The lowest BCUT2D eigenvalue weighted by atomic mass is 10.1. The van der Waals surface area contributed by atoms with Crippen LogP contribution >= 0.6 is 15.9 Å². The molecule has 2 aromatic rings. The summed E-state index contributed by atoms with van der Waals surface area (Å²) in [5.74, 6) is 1.27. The van der Waals surface area contributed by atoms with Gasteiger partial charge in [0.2, 0.25) is 0 Å². The number of piperazine rings is 1. The van der Waals surface area contributed by atoms with Gasteiger partial charge in [-0.15, -0.1) is 0 Å². The molecule has 1 saturated heterocycles. The van der Waals surface area contributed by atoms with E-state index in [0.717, 1.165) is 16.7 Å². The van der Waals surface area contributed by atoms with Crippen molar-refractivity contribution in [2.45, 2.75) is 6.42 Å². The third-order valence-corrected chi connectivity index (χ3v) is 5.81. The van der Waals surface area contributed by atoms with Crippen molar-refractivity contribution in [2.75, 3.05) is 58.5 Å². The third kappa shape index (κ3) is 5.95. The van der Waals surface area contributed by atoms with Crippen LogP contribution in [-0.2, 0) is 4.74 Å². The van der Waals surface area contributed by atoms with Crippen molar-refractivity contribution in [3.05, 3.63) is 52.1 Å². The molecule has 2 amide bonds. The first-order chi connectivity index (χ1) is 15.0. The van der Waals surface area contributed by atoms with Gasteiger partial charge in [-0.2, -0.15) is 0 Å². The lowest BCUT2D eigenvalue weighted by Crippen LogP contribution is -2.49. The molecule has 0 spiro atoms. The summed E-state index contributed by atoms with van der Waals surface area (Å²) in [7, 11) is 3.22. The number of nitrogens with zero attached hydrogens (tertiary/aromatic N) is 3. The van der Waals surface area contributed by atoms with Crippen molar-refractivity contribution >= 4 is 33.6 Å².